The second-order valence-electron chi connectivity index (χ2n) is 8.58. The van der Waals surface area contributed by atoms with Crippen molar-refractivity contribution in [3.8, 4) is 17.0 Å². The van der Waals surface area contributed by atoms with Gasteiger partial charge in [-0.15, -0.1) is 10.2 Å². The normalized spacial score (nSPS) is 18.3. The fourth-order valence-corrected chi connectivity index (χ4v) is 4.26. The Balaban J connectivity index is 1.51. The molecule has 0 spiro atoms. The molecule has 1 saturated heterocycles. The number of anilines is 1. The molecule has 2 atom stereocenters. The van der Waals surface area contributed by atoms with Gasteiger partial charge in [-0.25, -0.2) is 22.4 Å². The monoisotopic (exact) mass is 488 g/mol. The first-order valence-corrected chi connectivity index (χ1v) is 11.0. The molecule has 1 aliphatic heterocycles. The Hall–Kier alpha value is -3.90. The lowest BCUT2D eigenvalue weighted by Gasteiger charge is -2.19. The molecular formula is C22H23F3N8O2. The highest BCUT2D eigenvalue weighted by atomic mass is 19.3. The zero-order valence-corrected chi connectivity index (χ0v) is 19.2. The van der Waals surface area contributed by atoms with E-state index in [0.29, 0.717) is 16.6 Å². The van der Waals surface area contributed by atoms with E-state index in [0.717, 1.165) is 16.0 Å². The first-order valence-electron chi connectivity index (χ1n) is 11.0. The van der Waals surface area contributed by atoms with E-state index in [1.807, 2.05) is 12.1 Å². The molecule has 4 aromatic rings. The molecule has 10 nitrogen and oxygen atoms in total. The van der Waals surface area contributed by atoms with Crippen molar-refractivity contribution in [3.63, 3.8) is 0 Å². The summed E-state index contributed by atoms with van der Waals surface area (Å²) in [6.45, 7) is 1.95. The number of hydrogen-bond donors (Lipinski definition) is 1. The Bertz CT molecular complexity index is 1420. The van der Waals surface area contributed by atoms with E-state index >= 15 is 0 Å². The zero-order chi connectivity index (χ0) is 24.9. The van der Waals surface area contributed by atoms with Gasteiger partial charge in [-0.2, -0.15) is 4.98 Å². The molecule has 0 saturated carbocycles. The summed E-state index contributed by atoms with van der Waals surface area (Å²) in [5.41, 5.74) is 3.33. The van der Waals surface area contributed by atoms with Gasteiger partial charge in [0.05, 0.1) is 25.7 Å². The molecule has 1 amide bonds. The van der Waals surface area contributed by atoms with Crippen molar-refractivity contribution < 1.29 is 22.7 Å². The number of ether oxygens (including phenoxy) is 1. The quantitative estimate of drug-likeness (QED) is 0.445. The number of fused-ring (bicyclic) bond motifs is 2. The Morgan fingerprint density at radius 1 is 1.34 bits per heavy atom. The molecule has 5 rings (SSSR count). The number of benzene rings is 1. The summed E-state index contributed by atoms with van der Waals surface area (Å²) in [6, 6.07) is 5.93. The van der Waals surface area contributed by atoms with Crippen molar-refractivity contribution in [2.45, 2.75) is 38.5 Å². The smallest absolute Gasteiger partial charge is 0.286 e. The minimum atomic E-state index is -3.14. The molecule has 3 aromatic heterocycles. The second-order valence-corrected chi connectivity index (χ2v) is 8.58. The summed E-state index contributed by atoms with van der Waals surface area (Å²) >= 11 is 0. The standard InChI is InChI=1S/C22H23F3N8O2/c1-12(23)9-33-17-8-14(4-5-16(17)28-30-33)15-6-7-32-19(15)20(35-3)27-21(29-32)26-18-10-31(13(2)34)11-22(18,24)25/h4-8,12,18H,9-11H2,1-3H3,(H,26,29)/t12-,18+/m0/s1. The predicted octanol–water partition coefficient (Wildman–Crippen LogP) is 2.79. The summed E-state index contributed by atoms with van der Waals surface area (Å²) in [5.74, 6) is -3.44. The van der Waals surface area contributed by atoms with Gasteiger partial charge in [0.25, 0.3) is 5.92 Å². The van der Waals surface area contributed by atoms with E-state index in [2.05, 4.69) is 25.7 Å². The van der Waals surface area contributed by atoms with Crippen LogP contribution in [0.2, 0.25) is 0 Å². The summed E-state index contributed by atoms with van der Waals surface area (Å²) < 4.78 is 50.9. The van der Waals surface area contributed by atoms with Crippen LogP contribution in [0.25, 0.3) is 27.7 Å². The Kier molecular flexibility index (Phi) is 5.49. The first kappa shape index (κ1) is 22.9. The van der Waals surface area contributed by atoms with Gasteiger partial charge in [0.15, 0.2) is 0 Å². The number of alkyl halides is 3. The molecule has 13 heteroatoms. The molecule has 1 N–H and O–H groups in total. The van der Waals surface area contributed by atoms with Crippen LogP contribution in [0.1, 0.15) is 13.8 Å². The summed E-state index contributed by atoms with van der Waals surface area (Å²) in [5, 5.41) is 15.1. The average molecular weight is 488 g/mol. The molecule has 0 bridgehead atoms. The number of amides is 1. The molecule has 0 radical (unpaired) electrons. The molecule has 4 heterocycles. The maximum atomic E-state index is 14.5. The number of carbonyl (C=O) groups is 1. The number of carbonyl (C=O) groups excluding carboxylic acids is 1. The highest BCUT2D eigenvalue weighted by molar-refractivity contribution is 5.89. The lowest BCUT2D eigenvalue weighted by Crippen LogP contribution is -2.38. The van der Waals surface area contributed by atoms with Gasteiger partial charge in [0.2, 0.25) is 17.7 Å². The number of methoxy groups -OCH3 is 1. The van der Waals surface area contributed by atoms with E-state index in [-0.39, 0.29) is 24.9 Å². The minimum absolute atomic E-state index is 0.0544. The number of likely N-dealkylation sites (tertiary alicyclic amines) is 1. The topological polar surface area (TPSA) is 102 Å². The Morgan fingerprint density at radius 2 is 2.14 bits per heavy atom. The highest BCUT2D eigenvalue weighted by Gasteiger charge is 2.49. The summed E-state index contributed by atoms with van der Waals surface area (Å²) in [7, 11) is 1.43. The molecule has 0 aliphatic carbocycles. The maximum absolute atomic E-state index is 14.5. The predicted molar refractivity (Wildman–Crippen MR) is 121 cm³/mol. The van der Waals surface area contributed by atoms with Crippen LogP contribution >= 0.6 is 0 Å². The van der Waals surface area contributed by atoms with E-state index < -0.39 is 30.6 Å². The van der Waals surface area contributed by atoms with Crippen LogP contribution in [-0.2, 0) is 11.3 Å². The maximum Gasteiger partial charge on any atom is 0.286 e. The Labute approximate surface area is 197 Å². The third-order valence-electron chi connectivity index (χ3n) is 5.98. The third-order valence-corrected chi connectivity index (χ3v) is 5.98. The average Bonchev–Trinajstić information content (AvgIpc) is 3.48. The molecule has 184 valence electrons. The largest absolute Gasteiger partial charge is 0.479 e. The summed E-state index contributed by atoms with van der Waals surface area (Å²) in [4.78, 5) is 17.0. The van der Waals surface area contributed by atoms with Gasteiger partial charge in [0, 0.05) is 25.2 Å². The Morgan fingerprint density at radius 3 is 2.83 bits per heavy atom. The van der Waals surface area contributed by atoms with Crippen LogP contribution in [0.5, 0.6) is 5.88 Å². The second kappa shape index (κ2) is 8.40. The van der Waals surface area contributed by atoms with Crippen molar-refractivity contribution in [2.24, 2.45) is 0 Å². The molecule has 1 aromatic carbocycles. The van der Waals surface area contributed by atoms with E-state index in [1.54, 1.807) is 18.3 Å². The lowest BCUT2D eigenvalue weighted by molar-refractivity contribution is -0.129. The van der Waals surface area contributed by atoms with Crippen molar-refractivity contribution in [1.82, 2.24) is 34.5 Å². The number of nitrogens with zero attached hydrogens (tertiary/aromatic N) is 7. The number of halogens is 3. The van der Waals surface area contributed by atoms with Crippen LogP contribution in [-0.4, -0.2) is 78.7 Å². The molecule has 1 fully saturated rings. The van der Waals surface area contributed by atoms with E-state index in [1.165, 1.54) is 30.2 Å². The SMILES string of the molecule is COc1nc(N[C@@H]2CN(C(C)=O)CC2(F)F)nn2ccc(-c3ccc4nnn(C[C@H](C)F)c4c3)c12. The van der Waals surface area contributed by atoms with Gasteiger partial charge in [-0.3, -0.25) is 4.79 Å². The highest BCUT2D eigenvalue weighted by Crippen LogP contribution is 2.34. The number of nitrogens with one attached hydrogen (secondary N) is 1. The van der Waals surface area contributed by atoms with Crippen molar-refractivity contribution in [3.05, 3.63) is 30.5 Å². The van der Waals surface area contributed by atoms with Gasteiger partial charge < -0.3 is 15.0 Å². The molecule has 35 heavy (non-hydrogen) atoms. The number of hydrogen-bond acceptors (Lipinski definition) is 7. The van der Waals surface area contributed by atoms with E-state index in [9.17, 15) is 18.0 Å². The van der Waals surface area contributed by atoms with Crippen molar-refractivity contribution in [1.29, 1.82) is 0 Å². The van der Waals surface area contributed by atoms with Crippen LogP contribution < -0.4 is 10.1 Å². The van der Waals surface area contributed by atoms with Crippen LogP contribution in [0.15, 0.2) is 30.5 Å². The fraction of sp³-hybridized carbons (Fsp3) is 0.409. The van der Waals surface area contributed by atoms with E-state index in [4.69, 9.17) is 4.74 Å². The third kappa shape index (κ3) is 4.10. The first-order chi connectivity index (χ1) is 16.7. The lowest BCUT2D eigenvalue weighted by atomic mass is 10.1. The van der Waals surface area contributed by atoms with Gasteiger partial charge in [-0.1, -0.05) is 11.3 Å². The van der Waals surface area contributed by atoms with Crippen LogP contribution in [0, 0.1) is 0 Å². The minimum Gasteiger partial charge on any atom is -0.479 e. The van der Waals surface area contributed by atoms with Gasteiger partial charge >= 0.3 is 0 Å². The van der Waals surface area contributed by atoms with Gasteiger partial charge in [-0.05, 0) is 30.7 Å². The van der Waals surface area contributed by atoms with Crippen LogP contribution in [0.4, 0.5) is 19.1 Å². The molecular weight excluding hydrogens is 465 g/mol. The van der Waals surface area contributed by atoms with Crippen molar-refractivity contribution in [2.75, 3.05) is 25.5 Å². The molecule has 0 unspecified atom stereocenters. The molecule has 1 aliphatic rings. The number of rotatable bonds is 6. The van der Waals surface area contributed by atoms with Gasteiger partial charge in [0.1, 0.15) is 23.2 Å². The summed E-state index contributed by atoms with van der Waals surface area (Å²) in [6.07, 6.45) is 0.575. The fourth-order valence-electron chi connectivity index (χ4n) is 4.26. The number of aromatic nitrogens is 6. The van der Waals surface area contributed by atoms with Crippen LogP contribution in [0.3, 0.4) is 0 Å². The van der Waals surface area contributed by atoms with Crippen molar-refractivity contribution >= 4 is 28.4 Å². The zero-order valence-electron chi connectivity index (χ0n) is 19.2.